The summed E-state index contributed by atoms with van der Waals surface area (Å²) in [4.78, 5) is 25.1. The van der Waals surface area contributed by atoms with Crippen LogP contribution in [0.25, 0.3) is 10.9 Å². The van der Waals surface area contributed by atoms with Gasteiger partial charge in [-0.15, -0.1) is 0 Å². The van der Waals surface area contributed by atoms with E-state index in [2.05, 4.69) is 10.5 Å². The predicted molar refractivity (Wildman–Crippen MR) is 105 cm³/mol. The number of nitrogens with one attached hydrogen (secondary N) is 1. The molecule has 0 atom stereocenters. The van der Waals surface area contributed by atoms with E-state index >= 15 is 0 Å². The Bertz CT molecular complexity index is 1170. The summed E-state index contributed by atoms with van der Waals surface area (Å²) < 4.78 is 40.6. The van der Waals surface area contributed by atoms with E-state index in [9.17, 15) is 22.8 Å². The van der Waals surface area contributed by atoms with Crippen molar-refractivity contribution in [2.45, 2.75) is 19.6 Å². The van der Waals surface area contributed by atoms with Gasteiger partial charge in [0.1, 0.15) is 5.56 Å². The fourth-order valence-electron chi connectivity index (χ4n) is 2.80. The van der Waals surface area contributed by atoms with Crippen molar-refractivity contribution in [3.63, 3.8) is 0 Å². The van der Waals surface area contributed by atoms with E-state index in [4.69, 9.17) is 11.6 Å². The number of carbonyl (C=O) groups excluding carboxylic acids is 1. The number of amides is 1. The first-order valence-electron chi connectivity index (χ1n) is 8.54. The second-order valence-electron chi connectivity index (χ2n) is 6.11. The SMILES string of the molecule is CCn1cc(C(=O)N/N=C/c2ccccc2Cl)c(=O)c2cc(C(F)(F)F)ccc21. The molecular formula is C20H15ClF3N3O2. The van der Waals surface area contributed by atoms with Gasteiger partial charge < -0.3 is 4.57 Å². The van der Waals surface area contributed by atoms with E-state index in [0.717, 1.165) is 12.1 Å². The van der Waals surface area contributed by atoms with Crippen LogP contribution in [0.15, 0.2) is 58.6 Å². The lowest BCUT2D eigenvalue weighted by molar-refractivity contribution is -0.137. The number of nitrogens with zero attached hydrogens (tertiary/aromatic N) is 2. The maximum Gasteiger partial charge on any atom is 0.416 e. The number of alkyl halides is 3. The molecule has 5 nitrogen and oxygen atoms in total. The first-order chi connectivity index (χ1) is 13.7. The maximum atomic E-state index is 13.0. The van der Waals surface area contributed by atoms with Crippen molar-refractivity contribution in [1.82, 2.24) is 9.99 Å². The molecule has 9 heteroatoms. The summed E-state index contributed by atoms with van der Waals surface area (Å²) in [5.41, 5.74) is 0.996. The Hall–Kier alpha value is -3.13. The summed E-state index contributed by atoms with van der Waals surface area (Å²) in [5, 5.41) is 4.01. The van der Waals surface area contributed by atoms with Gasteiger partial charge in [0, 0.05) is 28.7 Å². The molecule has 0 aliphatic rings. The van der Waals surface area contributed by atoms with Gasteiger partial charge in [-0.3, -0.25) is 9.59 Å². The molecule has 0 bridgehead atoms. The van der Waals surface area contributed by atoms with Crippen LogP contribution < -0.4 is 10.9 Å². The van der Waals surface area contributed by atoms with Gasteiger partial charge in [-0.25, -0.2) is 5.43 Å². The molecule has 3 aromatic rings. The van der Waals surface area contributed by atoms with Crippen LogP contribution in [-0.2, 0) is 12.7 Å². The molecule has 3 rings (SSSR count). The molecule has 0 fully saturated rings. The number of fused-ring (bicyclic) bond motifs is 1. The molecule has 2 aromatic carbocycles. The third kappa shape index (κ3) is 4.32. The number of carbonyl (C=O) groups is 1. The zero-order chi connectivity index (χ0) is 21.2. The van der Waals surface area contributed by atoms with Crippen molar-refractivity contribution in [3.05, 3.63) is 80.6 Å². The van der Waals surface area contributed by atoms with Crippen molar-refractivity contribution < 1.29 is 18.0 Å². The molecule has 1 aromatic heterocycles. The largest absolute Gasteiger partial charge is 0.416 e. The normalized spacial score (nSPS) is 11.9. The predicted octanol–water partition coefficient (Wildman–Crippen LogP) is 4.46. The van der Waals surface area contributed by atoms with Crippen LogP contribution in [0.4, 0.5) is 13.2 Å². The van der Waals surface area contributed by atoms with Gasteiger partial charge in [-0.2, -0.15) is 18.3 Å². The molecule has 29 heavy (non-hydrogen) atoms. The standard InChI is InChI=1S/C20H15ClF3N3O2/c1-2-27-11-15(19(29)26-25-10-12-5-3-4-6-16(12)21)18(28)14-9-13(20(22,23)24)7-8-17(14)27/h3-11H,2H2,1H3,(H,26,29)/b25-10+. The quantitative estimate of drug-likeness (QED) is 0.499. The molecule has 150 valence electrons. The van der Waals surface area contributed by atoms with Gasteiger partial charge >= 0.3 is 6.18 Å². The molecule has 0 saturated carbocycles. The number of benzene rings is 2. The molecule has 0 saturated heterocycles. The second-order valence-corrected chi connectivity index (χ2v) is 6.52. The molecule has 0 unspecified atom stereocenters. The van der Waals surface area contributed by atoms with E-state index < -0.39 is 23.1 Å². The van der Waals surface area contributed by atoms with Crippen LogP contribution in [-0.4, -0.2) is 16.7 Å². The van der Waals surface area contributed by atoms with E-state index in [1.165, 1.54) is 23.0 Å². The van der Waals surface area contributed by atoms with Crippen molar-refractivity contribution in [3.8, 4) is 0 Å². The van der Waals surface area contributed by atoms with Crippen LogP contribution in [0.1, 0.15) is 28.4 Å². The van der Waals surface area contributed by atoms with E-state index in [1.54, 1.807) is 31.2 Å². The third-order valence-corrected chi connectivity index (χ3v) is 4.61. The Morgan fingerprint density at radius 3 is 2.62 bits per heavy atom. The zero-order valence-electron chi connectivity index (χ0n) is 15.1. The lowest BCUT2D eigenvalue weighted by Gasteiger charge is -2.13. The van der Waals surface area contributed by atoms with Crippen LogP contribution in [0.3, 0.4) is 0 Å². The highest BCUT2D eigenvalue weighted by Gasteiger charge is 2.31. The number of hydrazone groups is 1. The summed E-state index contributed by atoms with van der Waals surface area (Å²) in [7, 11) is 0. The highest BCUT2D eigenvalue weighted by molar-refractivity contribution is 6.33. The molecule has 1 amide bonds. The van der Waals surface area contributed by atoms with E-state index in [0.29, 0.717) is 22.6 Å². The van der Waals surface area contributed by atoms with E-state index in [-0.39, 0.29) is 10.9 Å². The second kappa shape index (κ2) is 8.08. The highest BCUT2D eigenvalue weighted by Crippen LogP contribution is 2.30. The number of rotatable bonds is 4. The van der Waals surface area contributed by atoms with Crippen molar-refractivity contribution >= 4 is 34.6 Å². The van der Waals surface area contributed by atoms with Gasteiger partial charge in [0.25, 0.3) is 5.91 Å². The Balaban J connectivity index is 2.00. The molecule has 0 radical (unpaired) electrons. The summed E-state index contributed by atoms with van der Waals surface area (Å²) in [6, 6.07) is 9.67. The fourth-order valence-corrected chi connectivity index (χ4v) is 2.98. The fraction of sp³-hybridized carbons (Fsp3) is 0.150. The monoisotopic (exact) mass is 421 g/mol. The lowest BCUT2D eigenvalue weighted by Crippen LogP contribution is -2.27. The van der Waals surface area contributed by atoms with Crippen LogP contribution in [0.5, 0.6) is 0 Å². The molecule has 1 heterocycles. The van der Waals surface area contributed by atoms with Crippen molar-refractivity contribution in [2.24, 2.45) is 5.10 Å². The van der Waals surface area contributed by atoms with E-state index in [1.807, 2.05) is 0 Å². The number of hydrogen-bond donors (Lipinski definition) is 1. The van der Waals surface area contributed by atoms with Gasteiger partial charge in [-0.05, 0) is 31.2 Å². The van der Waals surface area contributed by atoms with Crippen LogP contribution in [0, 0.1) is 0 Å². The minimum atomic E-state index is -4.60. The highest BCUT2D eigenvalue weighted by atomic mass is 35.5. The Morgan fingerprint density at radius 2 is 1.97 bits per heavy atom. The average molecular weight is 422 g/mol. The Labute approximate surface area is 168 Å². The first kappa shape index (κ1) is 20.6. The Kier molecular flexibility index (Phi) is 5.74. The molecule has 1 N–H and O–H groups in total. The molecule has 0 spiro atoms. The molecule has 0 aliphatic heterocycles. The first-order valence-corrected chi connectivity index (χ1v) is 8.92. The number of hydrogen-bond acceptors (Lipinski definition) is 3. The summed E-state index contributed by atoms with van der Waals surface area (Å²) in [6.45, 7) is 2.10. The van der Waals surface area contributed by atoms with Crippen LogP contribution >= 0.6 is 11.6 Å². The van der Waals surface area contributed by atoms with Crippen molar-refractivity contribution in [1.29, 1.82) is 0 Å². The summed E-state index contributed by atoms with van der Waals surface area (Å²) in [6.07, 6.45) is -1.99. The van der Waals surface area contributed by atoms with Crippen molar-refractivity contribution in [2.75, 3.05) is 0 Å². The van der Waals surface area contributed by atoms with Gasteiger partial charge in [-0.1, -0.05) is 29.8 Å². The summed E-state index contributed by atoms with van der Waals surface area (Å²) in [5.74, 6) is -0.834. The van der Waals surface area contributed by atoms with Gasteiger partial charge in [0.15, 0.2) is 0 Å². The number of aryl methyl sites for hydroxylation is 1. The maximum absolute atomic E-state index is 13.0. The minimum Gasteiger partial charge on any atom is -0.347 e. The number of halogens is 4. The molecule has 0 aliphatic carbocycles. The average Bonchev–Trinajstić information content (AvgIpc) is 2.68. The smallest absolute Gasteiger partial charge is 0.347 e. The summed E-state index contributed by atoms with van der Waals surface area (Å²) >= 11 is 5.99. The van der Waals surface area contributed by atoms with Crippen LogP contribution in [0.2, 0.25) is 5.02 Å². The third-order valence-electron chi connectivity index (χ3n) is 4.27. The minimum absolute atomic E-state index is 0.190. The lowest BCUT2D eigenvalue weighted by atomic mass is 10.1. The van der Waals surface area contributed by atoms with Gasteiger partial charge in [0.2, 0.25) is 5.43 Å². The number of aromatic nitrogens is 1. The topological polar surface area (TPSA) is 63.5 Å². The number of pyridine rings is 1. The molecular weight excluding hydrogens is 407 g/mol. The van der Waals surface area contributed by atoms with Gasteiger partial charge in [0.05, 0.1) is 17.3 Å². The Morgan fingerprint density at radius 1 is 1.24 bits per heavy atom. The zero-order valence-corrected chi connectivity index (χ0v) is 15.9.